The van der Waals surface area contributed by atoms with E-state index in [0.717, 1.165) is 36.7 Å². The molecule has 238 valence electrons. The van der Waals surface area contributed by atoms with Gasteiger partial charge in [0.25, 0.3) is 0 Å². The zero-order valence-electron chi connectivity index (χ0n) is 25.6. The highest BCUT2D eigenvalue weighted by Crippen LogP contribution is 2.41. The standard InChI is InChI=1S/C32H49F3O6Si/c1-6-42(7-2,8-3)41-30-21-29(37)27(16-11-9-10-12-17-31(38)40-23(4)5)28(30)19-18-25(36)22-39-26-15-13-14-24(20-26)32(33,34)35/h9,11,13-15,18-20,23,25,27-30,36-37H,6-8,10,12,16-17,21-22H2,1-5H3/b11-9-,19-18+/t25-,27-,28-,29+,30-/m1/s1. The number of halogens is 3. The summed E-state index contributed by atoms with van der Waals surface area (Å²) in [6.07, 6.45) is 3.97. The summed E-state index contributed by atoms with van der Waals surface area (Å²) in [5, 5.41) is 21.6. The molecule has 2 N–H and O–H groups in total. The molecule has 5 atom stereocenters. The van der Waals surface area contributed by atoms with Crippen molar-refractivity contribution in [1.82, 2.24) is 0 Å². The SMILES string of the molecule is CC[Si](CC)(CC)O[C@@H]1C[C@H](O)[C@H](C/C=C\CCCC(=O)OC(C)C)[C@H]1/C=C/[C@@H](O)COc1cccc(C(F)(F)F)c1. The van der Waals surface area contributed by atoms with Gasteiger partial charge in [-0.1, -0.05) is 51.1 Å². The topological polar surface area (TPSA) is 85.2 Å². The Morgan fingerprint density at radius 1 is 1.14 bits per heavy atom. The zero-order valence-corrected chi connectivity index (χ0v) is 26.6. The quantitative estimate of drug-likeness (QED) is 0.0820. The summed E-state index contributed by atoms with van der Waals surface area (Å²) < 4.78 is 56.5. The lowest BCUT2D eigenvalue weighted by Gasteiger charge is -2.34. The van der Waals surface area contributed by atoms with Crippen LogP contribution in [0.1, 0.15) is 72.3 Å². The molecule has 0 unspecified atom stereocenters. The van der Waals surface area contributed by atoms with E-state index in [2.05, 4.69) is 20.8 Å². The van der Waals surface area contributed by atoms with Crippen molar-refractivity contribution in [3.63, 3.8) is 0 Å². The lowest BCUT2D eigenvalue weighted by Crippen LogP contribution is -2.41. The van der Waals surface area contributed by atoms with Gasteiger partial charge < -0.3 is 24.1 Å². The van der Waals surface area contributed by atoms with Crippen LogP contribution in [0.15, 0.2) is 48.6 Å². The number of aliphatic hydroxyl groups is 2. The van der Waals surface area contributed by atoms with Crippen molar-refractivity contribution in [2.45, 2.75) is 115 Å². The maximum Gasteiger partial charge on any atom is 0.416 e. The van der Waals surface area contributed by atoms with E-state index in [1.54, 1.807) is 6.08 Å². The van der Waals surface area contributed by atoms with Crippen LogP contribution in [0.2, 0.25) is 18.1 Å². The van der Waals surface area contributed by atoms with E-state index >= 15 is 0 Å². The Morgan fingerprint density at radius 3 is 2.45 bits per heavy atom. The number of esters is 1. The number of hydrogen-bond acceptors (Lipinski definition) is 6. The molecule has 0 aliphatic heterocycles. The molecule has 6 nitrogen and oxygen atoms in total. The third-order valence-electron chi connectivity index (χ3n) is 8.06. The molecule has 2 rings (SSSR count). The number of benzene rings is 1. The number of rotatable bonds is 17. The van der Waals surface area contributed by atoms with Crippen LogP contribution in [0.3, 0.4) is 0 Å². The molecule has 1 fully saturated rings. The minimum atomic E-state index is -4.48. The molecule has 0 radical (unpaired) electrons. The van der Waals surface area contributed by atoms with E-state index in [9.17, 15) is 28.2 Å². The average molecular weight is 615 g/mol. The monoisotopic (exact) mass is 614 g/mol. The maximum atomic E-state index is 13.0. The maximum absolute atomic E-state index is 13.0. The number of hydrogen-bond donors (Lipinski definition) is 2. The summed E-state index contributed by atoms with van der Waals surface area (Å²) in [5.74, 6) is -0.451. The Kier molecular flexibility index (Phi) is 14.8. The van der Waals surface area contributed by atoms with Gasteiger partial charge in [-0.15, -0.1) is 0 Å². The number of ether oxygens (including phenoxy) is 2. The van der Waals surface area contributed by atoms with Crippen molar-refractivity contribution >= 4 is 14.3 Å². The number of carbonyl (C=O) groups is 1. The number of aliphatic hydroxyl groups excluding tert-OH is 2. The highest BCUT2D eigenvalue weighted by molar-refractivity contribution is 6.73. The highest BCUT2D eigenvalue weighted by atomic mass is 28.4. The summed E-state index contributed by atoms with van der Waals surface area (Å²) in [7, 11) is -1.98. The van der Waals surface area contributed by atoms with E-state index in [1.807, 2.05) is 32.1 Å². The van der Waals surface area contributed by atoms with E-state index in [1.165, 1.54) is 12.1 Å². The van der Waals surface area contributed by atoms with Gasteiger partial charge in [-0.05, 0) is 81.8 Å². The Hall–Kier alpha value is -2.14. The molecule has 1 aromatic rings. The molecule has 0 saturated heterocycles. The summed E-state index contributed by atoms with van der Waals surface area (Å²) in [5.41, 5.74) is -0.813. The molecule has 1 aliphatic rings. The second-order valence-electron chi connectivity index (χ2n) is 11.4. The minimum absolute atomic E-state index is 0.0277. The van der Waals surface area contributed by atoms with Crippen LogP contribution in [-0.2, 0) is 20.1 Å². The minimum Gasteiger partial charge on any atom is -0.491 e. The van der Waals surface area contributed by atoms with Crippen molar-refractivity contribution < 1.29 is 42.1 Å². The summed E-state index contributed by atoms with van der Waals surface area (Å²) in [6.45, 7) is 9.90. The van der Waals surface area contributed by atoms with Crippen LogP contribution in [0.25, 0.3) is 0 Å². The normalized spacial score (nSPS) is 22.4. The highest BCUT2D eigenvalue weighted by Gasteiger charge is 2.44. The molecule has 0 aromatic heterocycles. The molecule has 10 heteroatoms. The predicted octanol–water partition coefficient (Wildman–Crippen LogP) is 7.46. The molecule has 1 saturated carbocycles. The van der Waals surface area contributed by atoms with Gasteiger partial charge in [0, 0.05) is 12.3 Å². The van der Waals surface area contributed by atoms with Crippen molar-refractivity contribution in [3.05, 3.63) is 54.1 Å². The van der Waals surface area contributed by atoms with Crippen molar-refractivity contribution in [1.29, 1.82) is 0 Å². The van der Waals surface area contributed by atoms with Gasteiger partial charge in [0.1, 0.15) is 18.5 Å². The first-order chi connectivity index (χ1) is 19.8. The van der Waals surface area contributed by atoms with Crippen molar-refractivity contribution in [2.75, 3.05) is 6.61 Å². The van der Waals surface area contributed by atoms with E-state index in [4.69, 9.17) is 13.9 Å². The fourth-order valence-electron chi connectivity index (χ4n) is 5.44. The van der Waals surface area contributed by atoms with Crippen LogP contribution in [0.5, 0.6) is 5.75 Å². The lowest BCUT2D eigenvalue weighted by atomic mass is 9.89. The average Bonchev–Trinajstić information content (AvgIpc) is 3.23. The van der Waals surface area contributed by atoms with Crippen LogP contribution in [-0.4, -0.2) is 55.5 Å². The molecule has 0 amide bonds. The first kappa shape index (κ1) is 36.1. The van der Waals surface area contributed by atoms with Gasteiger partial charge in [-0.25, -0.2) is 0 Å². The summed E-state index contributed by atoms with van der Waals surface area (Å²) in [4.78, 5) is 11.7. The van der Waals surface area contributed by atoms with Gasteiger partial charge >= 0.3 is 12.1 Å². The first-order valence-corrected chi connectivity index (χ1v) is 17.7. The van der Waals surface area contributed by atoms with Crippen LogP contribution < -0.4 is 4.74 Å². The third-order valence-corrected chi connectivity index (χ3v) is 12.7. The lowest BCUT2D eigenvalue weighted by molar-refractivity contribution is -0.147. The molecule has 0 heterocycles. The fourth-order valence-corrected chi connectivity index (χ4v) is 8.34. The Labute approximate surface area is 250 Å². The van der Waals surface area contributed by atoms with E-state index in [0.29, 0.717) is 25.7 Å². The van der Waals surface area contributed by atoms with E-state index < -0.39 is 32.3 Å². The van der Waals surface area contributed by atoms with Gasteiger partial charge in [0.15, 0.2) is 8.32 Å². The number of unbranched alkanes of at least 4 members (excludes halogenated alkanes) is 1. The summed E-state index contributed by atoms with van der Waals surface area (Å²) >= 11 is 0. The van der Waals surface area contributed by atoms with Gasteiger partial charge in [0.05, 0.1) is 23.9 Å². The second kappa shape index (κ2) is 17.2. The Bertz CT molecular complexity index is 1000. The summed E-state index contributed by atoms with van der Waals surface area (Å²) in [6, 6.07) is 7.48. The van der Waals surface area contributed by atoms with Gasteiger partial charge in [0.2, 0.25) is 0 Å². The molecule has 0 bridgehead atoms. The molecule has 1 aliphatic carbocycles. The molecule has 0 spiro atoms. The molecule has 42 heavy (non-hydrogen) atoms. The van der Waals surface area contributed by atoms with E-state index in [-0.39, 0.29) is 42.4 Å². The Balaban J connectivity index is 2.08. The molecular weight excluding hydrogens is 565 g/mol. The van der Waals surface area contributed by atoms with Crippen LogP contribution >= 0.6 is 0 Å². The molecule has 1 aromatic carbocycles. The smallest absolute Gasteiger partial charge is 0.416 e. The number of carbonyl (C=O) groups excluding carboxylic acids is 1. The predicted molar refractivity (Wildman–Crippen MR) is 161 cm³/mol. The van der Waals surface area contributed by atoms with Gasteiger partial charge in [-0.3, -0.25) is 4.79 Å². The fraction of sp³-hybridized carbons (Fsp3) is 0.656. The van der Waals surface area contributed by atoms with Gasteiger partial charge in [-0.2, -0.15) is 13.2 Å². The zero-order chi connectivity index (χ0) is 31.3. The third kappa shape index (κ3) is 11.5. The molecular formula is C32H49F3O6Si. The largest absolute Gasteiger partial charge is 0.491 e. The van der Waals surface area contributed by atoms with Crippen LogP contribution in [0, 0.1) is 11.8 Å². The van der Waals surface area contributed by atoms with Crippen molar-refractivity contribution in [2.24, 2.45) is 11.8 Å². The number of alkyl halides is 3. The number of allylic oxidation sites excluding steroid dienone is 2. The Morgan fingerprint density at radius 2 is 1.83 bits per heavy atom. The van der Waals surface area contributed by atoms with Crippen LogP contribution in [0.4, 0.5) is 13.2 Å². The van der Waals surface area contributed by atoms with Crippen molar-refractivity contribution in [3.8, 4) is 5.75 Å². The second-order valence-corrected chi connectivity index (χ2v) is 16.1. The first-order valence-electron chi connectivity index (χ1n) is 15.2.